The van der Waals surface area contributed by atoms with Crippen molar-refractivity contribution in [2.75, 3.05) is 32.0 Å². The summed E-state index contributed by atoms with van der Waals surface area (Å²) in [6.45, 7) is 6.22. The summed E-state index contributed by atoms with van der Waals surface area (Å²) in [7, 11) is 1.79. The molecule has 1 aliphatic heterocycles. The van der Waals surface area contributed by atoms with Gasteiger partial charge in [-0.15, -0.1) is 24.0 Å². The number of halogens is 1. The first-order chi connectivity index (χ1) is 14.2. The van der Waals surface area contributed by atoms with Gasteiger partial charge in [0.2, 0.25) is 5.91 Å². The first-order valence-corrected chi connectivity index (χ1v) is 10.2. The predicted octanol–water partition coefficient (Wildman–Crippen LogP) is 2.29. The second-order valence-electron chi connectivity index (χ2n) is 7.18. The van der Waals surface area contributed by atoms with Crippen LogP contribution < -0.4 is 16.0 Å². The molecule has 0 spiro atoms. The van der Waals surface area contributed by atoms with E-state index in [0.717, 1.165) is 30.3 Å². The van der Waals surface area contributed by atoms with E-state index in [1.54, 1.807) is 30.2 Å². The van der Waals surface area contributed by atoms with E-state index in [0.29, 0.717) is 12.6 Å². The Morgan fingerprint density at radius 1 is 1.30 bits per heavy atom. The molecule has 2 aromatic rings. The first kappa shape index (κ1) is 24.1. The molecule has 0 bridgehead atoms. The van der Waals surface area contributed by atoms with Crippen LogP contribution in [0.2, 0.25) is 0 Å². The summed E-state index contributed by atoms with van der Waals surface area (Å²) >= 11 is 0. The summed E-state index contributed by atoms with van der Waals surface area (Å²) in [5, 5.41) is 13.8. The highest BCUT2D eigenvalue weighted by Crippen LogP contribution is 2.15. The Labute approximate surface area is 195 Å². The summed E-state index contributed by atoms with van der Waals surface area (Å²) in [6.07, 6.45) is 5.93. The summed E-state index contributed by atoms with van der Waals surface area (Å²) in [6, 6.07) is 10.2. The number of hydrogen-bond acceptors (Lipinski definition) is 4. The Balaban J connectivity index is 0.00000320. The van der Waals surface area contributed by atoms with Crippen LogP contribution in [0.25, 0.3) is 0 Å². The number of benzene rings is 1. The number of rotatable bonds is 8. The molecule has 1 fully saturated rings. The number of carbonyl (C=O) groups is 1. The van der Waals surface area contributed by atoms with Gasteiger partial charge < -0.3 is 16.0 Å². The minimum Gasteiger partial charge on any atom is -0.355 e. The van der Waals surface area contributed by atoms with E-state index in [4.69, 9.17) is 0 Å². The van der Waals surface area contributed by atoms with Gasteiger partial charge in [0.05, 0.1) is 0 Å². The molecule has 1 aromatic carbocycles. The molecule has 0 aliphatic carbocycles. The zero-order chi connectivity index (χ0) is 20.5. The van der Waals surface area contributed by atoms with Crippen molar-refractivity contribution < 1.29 is 4.79 Å². The smallest absolute Gasteiger partial charge is 0.246 e. The molecule has 1 amide bonds. The van der Waals surface area contributed by atoms with Crippen LogP contribution in [0.4, 0.5) is 5.69 Å². The second kappa shape index (κ2) is 12.5. The van der Waals surface area contributed by atoms with Crippen LogP contribution in [0.15, 0.2) is 47.7 Å². The molecule has 1 aromatic heterocycles. The third kappa shape index (κ3) is 7.28. The largest absolute Gasteiger partial charge is 0.355 e. The number of aromatic nitrogens is 2. The molecule has 164 valence electrons. The van der Waals surface area contributed by atoms with Gasteiger partial charge in [-0.05, 0) is 49.7 Å². The van der Waals surface area contributed by atoms with E-state index in [2.05, 4.69) is 37.9 Å². The van der Waals surface area contributed by atoms with Crippen LogP contribution in [0.1, 0.15) is 25.3 Å². The Morgan fingerprint density at radius 3 is 2.90 bits per heavy atom. The Morgan fingerprint density at radius 2 is 2.17 bits per heavy atom. The number of aliphatic imine (C=N–C) groups is 1. The Bertz CT molecular complexity index is 809. The standard InChI is InChI=1S/C21H31N7O.HI/c1-3-27-11-5-9-19(27)15-24-21(22-2)23-14-17-7-4-8-18(13-17)26-20(29)16-28-12-6-10-25-28;/h4,6-8,10,12-13,19H,3,5,9,11,14-16H2,1-2H3,(H,26,29)(H2,22,23,24);1H. The van der Waals surface area contributed by atoms with Crippen molar-refractivity contribution >= 4 is 41.5 Å². The lowest BCUT2D eigenvalue weighted by Gasteiger charge is -2.24. The molecule has 1 atom stereocenters. The highest BCUT2D eigenvalue weighted by atomic mass is 127. The Hall–Kier alpha value is -2.14. The third-order valence-electron chi connectivity index (χ3n) is 5.17. The average Bonchev–Trinajstić information content (AvgIpc) is 3.40. The molecule has 2 heterocycles. The maximum Gasteiger partial charge on any atom is 0.246 e. The van der Waals surface area contributed by atoms with Gasteiger partial charge in [-0.25, -0.2) is 0 Å². The maximum absolute atomic E-state index is 12.1. The lowest BCUT2D eigenvalue weighted by Crippen LogP contribution is -2.44. The van der Waals surface area contributed by atoms with Crippen LogP contribution in [0, 0.1) is 0 Å². The number of likely N-dealkylation sites (N-methyl/N-ethyl adjacent to an activating group) is 1. The van der Waals surface area contributed by atoms with E-state index in [1.807, 2.05) is 24.3 Å². The van der Waals surface area contributed by atoms with Gasteiger partial charge in [0, 0.05) is 44.3 Å². The predicted molar refractivity (Wildman–Crippen MR) is 131 cm³/mol. The van der Waals surface area contributed by atoms with Crippen LogP contribution in [0.3, 0.4) is 0 Å². The molecule has 9 heteroatoms. The average molecular weight is 525 g/mol. The number of anilines is 1. The van der Waals surface area contributed by atoms with Crippen molar-refractivity contribution in [3.8, 4) is 0 Å². The molecule has 1 unspecified atom stereocenters. The fourth-order valence-corrected chi connectivity index (χ4v) is 3.66. The summed E-state index contributed by atoms with van der Waals surface area (Å²) in [4.78, 5) is 19.0. The third-order valence-corrected chi connectivity index (χ3v) is 5.17. The van der Waals surface area contributed by atoms with Gasteiger partial charge in [0.15, 0.2) is 5.96 Å². The first-order valence-electron chi connectivity index (χ1n) is 10.2. The van der Waals surface area contributed by atoms with Crippen molar-refractivity contribution in [3.05, 3.63) is 48.3 Å². The normalized spacial score (nSPS) is 16.7. The number of amides is 1. The highest BCUT2D eigenvalue weighted by Gasteiger charge is 2.22. The minimum atomic E-state index is -0.103. The molecule has 30 heavy (non-hydrogen) atoms. The Kier molecular flexibility index (Phi) is 10.1. The number of likely N-dealkylation sites (tertiary alicyclic amines) is 1. The van der Waals surface area contributed by atoms with Crippen molar-refractivity contribution in [1.29, 1.82) is 0 Å². The molecule has 3 N–H and O–H groups in total. The van der Waals surface area contributed by atoms with Crippen molar-refractivity contribution in [3.63, 3.8) is 0 Å². The number of guanidine groups is 1. The number of hydrogen-bond donors (Lipinski definition) is 3. The van der Waals surface area contributed by atoms with Crippen LogP contribution in [-0.2, 0) is 17.9 Å². The minimum absolute atomic E-state index is 0. The van der Waals surface area contributed by atoms with Gasteiger partial charge in [-0.1, -0.05) is 19.1 Å². The molecule has 3 rings (SSSR count). The maximum atomic E-state index is 12.1. The van der Waals surface area contributed by atoms with Crippen molar-refractivity contribution in [2.24, 2.45) is 4.99 Å². The topological polar surface area (TPSA) is 86.6 Å². The number of nitrogens with zero attached hydrogens (tertiary/aromatic N) is 4. The highest BCUT2D eigenvalue weighted by molar-refractivity contribution is 14.0. The molecule has 0 radical (unpaired) electrons. The van der Waals surface area contributed by atoms with E-state index < -0.39 is 0 Å². The molecule has 0 saturated carbocycles. The van der Waals surface area contributed by atoms with E-state index in [-0.39, 0.29) is 36.4 Å². The fraction of sp³-hybridized carbons (Fsp3) is 0.476. The monoisotopic (exact) mass is 525 g/mol. The van der Waals surface area contributed by atoms with Gasteiger partial charge >= 0.3 is 0 Å². The van der Waals surface area contributed by atoms with Crippen molar-refractivity contribution in [2.45, 2.75) is 38.9 Å². The fourth-order valence-electron chi connectivity index (χ4n) is 3.66. The zero-order valence-corrected chi connectivity index (χ0v) is 20.0. The lowest BCUT2D eigenvalue weighted by atomic mass is 10.2. The number of carbonyl (C=O) groups excluding carboxylic acids is 1. The van der Waals surface area contributed by atoms with Crippen LogP contribution in [-0.4, -0.2) is 59.3 Å². The van der Waals surface area contributed by atoms with Crippen LogP contribution >= 0.6 is 24.0 Å². The number of nitrogens with one attached hydrogen (secondary N) is 3. The lowest BCUT2D eigenvalue weighted by molar-refractivity contribution is -0.116. The summed E-state index contributed by atoms with van der Waals surface area (Å²) < 4.78 is 1.60. The van der Waals surface area contributed by atoms with E-state index in [1.165, 1.54) is 19.4 Å². The molecule has 8 nitrogen and oxygen atoms in total. The van der Waals surface area contributed by atoms with E-state index in [9.17, 15) is 4.79 Å². The summed E-state index contributed by atoms with van der Waals surface area (Å²) in [5.74, 6) is 0.689. The molecule has 1 saturated heterocycles. The van der Waals surface area contributed by atoms with E-state index >= 15 is 0 Å². The van der Waals surface area contributed by atoms with Crippen LogP contribution in [0.5, 0.6) is 0 Å². The van der Waals surface area contributed by atoms with Gasteiger partial charge in [0.1, 0.15) is 6.54 Å². The molecular weight excluding hydrogens is 493 g/mol. The van der Waals surface area contributed by atoms with Gasteiger partial charge in [-0.2, -0.15) is 5.10 Å². The molecule has 1 aliphatic rings. The summed E-state index contributed by atoms with van der Waals surface area (Å²) in [5.41, 5.74) is 1.84. The van der Waals surface area contributed by atoms with Gasteiger partial charge in [-0.3, -0.25) is 19.4 Å². The molecular formula is C21H32IN7O. The van der Waals surface area contributed by atoms with Crippen molar-refractivity contribution in [1.82, 2.24) is 25.3 Å². The second-order valence-corrected chi connectivity index (χ2v) is 7.18. The SMILES string of the molecule is CCN1CCCC1CNC(=NC)NCc1cccc(NC(=O)Cn2cccn2)c1.I. The quantitative estimate of drug-likeness (QED) is 0.280. The zero-order valence-electron chi connectivity index (χ0n) is 17.7. The van der Waals surface area contributed by atoms with Gasteiger partial charge in [0.25, 0.3) is 0 Å².